The van der Waals surface area contributed by atoms with Crippen LogP contribution in [0.2, 0.25) is 0 Å². The van der Waals surface area contributed by atoms with Crippen molar-refractivity contribution in [3.05, 3.63) is 18.2 Å². The zero-order valence-corrected chi connectivity index (χ0v) is 15.8. The second-order valence-corrected chi connectivity index (χ2v) is 9.33. The van der Waals surface area contributed by atoms with Gasteiger partial charge in [0.1, 0.15) is 10.6 Å². The molecule has 4 rings (SSSR count). The van der Waals surface area contributed by atoms with Gasteiger partial charge in [-0.2, -0.15) is 4.31 Å². The summed E-state index contributed by atoms with van der Waals surface area (Å²) in [6.07, 6.45) is 3.74. The van der Waals surface area contributed by atoms with Crippen molar-refractivity contribution in [3.63, 3.8) is 0 Å². The summed E-state index contributed by atoms with van der Waals surface area (Å²) in [5, 5.41) is 0. The van der Waals surface area contributed by atoms with Crippen LogP contribution in [0.1, 0.15) is 25.7 Å². The molecule has 1 aliphatic carbocycles. The van der Waals surface area contributed by atoms with Gasteiger partial charge in [-0.25, -0.2) is 8.42 Å². The number of hydrogen-bond acceptors (Lipinski definition) is 5. The van der Waals surface area contributed by atoms with Crippen LogP contribution < -0.4 is 9.64 Å². The largest absolute Gasteiger partial charge is 0.492 e. The Morgan fingerprint density at radius 3 is 2.64 bits per heavy atom. The third kappa shape index (κ3) is 3.13. The zero-order chi connectivity index (χ0) is 17.6. The molecule has 1 saturated heterocycles. The van der Waals surface area contributed by atoms with Gasteiger partial charge in [0.2, 0.25) is 10.0 Å². The predicted molar refractivity (Wildman–Crippen MR) is 97.8 cm³/mol. The van der Waals surface area contributed by atoms with Gasteiger partial charge in [0, 0.05) is 31.7 Å². The van der Waals surface area contributed by atoms with E-state index in [1.807, 2.05) is 12.1 Å². The van der Waals surface area contributed by atoms with Crippen LogP contribution in [0.3, 0.4) is 0 Å². The van der Waals surface area contributed by atoms with Gasteiger partial charge < -0.3 is 14.5 Å². The van der Waals surface area contributed by atoms with Crippen LogP contribution in [-0.2, 0) is 10.0 Å². The lowest BCUT2D eigenvalue weighted by Crippen LogP contribution is -2.38. The van der Waals surface area contributed by atoms with Gasteiger partial charge in [0.05, 0.1) is 12.3 Å². The lowest BCUT2D eigenvalue weighted by atomic mass is 10.2. The van der Waals surface area contributed by atoms with E-state index in [1.54, 1.807) is 10.4 Å². The van der Waals surface area contributed by atoms with Crippen molar-refractivity contribution in [2.45, 2.75) is 42.7 Å². The molecule has 3 aliphatic rings. The topological polar surface area (TPSA) is 53.1 Å². The van der Waals surface area contributed by atoms with E-state index in [2.05, 4.69) is 23.9 Å². The van der Waals surface area contributed by atoms with Crippen LogP contribution in [0.25, 0.3) is 0 Å². The maximum atomic E-state index is 13.5. The smallest absolute Gasteiger partial charge is 0.249 e. The van der Waals surface area contributed by atoms with E-state index in [0.29, 0.717) is 29.8 Å². The zero-order valence-electron chi connectivity index (χ0n) is 15.0. The molecular weight excluding hydrogens is 338 g/mol. The normalized spacial score (nSPS) is 26.8. The number of hydrogen-bond donors (Lipinski definition) is 0. The summed E-state index contributed by atoms with van der Waals surface area (Å²) in [5.74, 6) is 0.510. The van der Waals surface area contributed by atoms with Crippen LogP contribution in [0, 0.1) is 0 Å². The molecule has 7 heteroatoms. The van der Waals surface area contributed by atoms with Crippen LogP contribution in [0.15, 0.2) is 23.1 Å². The molecule has 1 saturated carbocycles. The summed E-state index contributed by atoms with van der Waals surface area (Å²) in [7, 11) is 0.632. The fraction of sp³-hybridized carbons (Fsp3) is 0.667. The van der Waals surface area contributed by atoms with E-state index >= 15 is 0 Å². The van der Waals surface area contributed by atoms with Gasteiger partial charge in [-0.3, -0.25) is 0 Å². The monoisotopic (exact) mass is 365 g/mol. The van der Waals surface area contributed by atoms with Crippen LogP contribution in [0.5, 0.6) is 5.75 Å². The summed E-state index contributed by atoms with van der Waals surface area (Å²) in [6.45, 7) is 2.84. The van der Waals surface area contributed by atoms with Gasteiger partial charge in [-0.05, 0) is 51.9 Å². The fourth-order valence-electron chi connectivity index (χ4n) is 3.89. The number of nitrogens with zero attached hydrogens (tertiary/aromatic N) is 3. The first-order valence-corrected chi connectivity index (χ1v) is 10.6. The minimum Gasteiger partial charge on any atom is -0.492 e. The van der Waals surface area contributed by atoms with Crippen molar-refractivity contribution in [1.29, 1.82) is 0 Å². The number of fused-ring (bicyclic) bond motifs is 1. The average molecular weight is 365 g/mol. The van der Waals surface area contributed by atoms with E-state index in [9.17, 15) is 8.42 Å². The standard InChI is InChI=1S/C18H27N3O3S/c1-19(2)15-9-11-20(13-15)16-5-3-6-17-18(16)25(22,23)21(14-7-8-14)10-4-12-24-17/h3,5-6,14-15H,4,7-13H2,1-2H3/t15-/m0/s1. The maximum absolute atomic E-state index is 13.5. The number of ether oxygens (including phenoxy) is 1. The molecule has 0 amide bonds. The van der Waals surface area contributed by atoms with Gasteiger partial charge in [-0.15, -0.1) is 0 Å². The van der Waals surface area contributed by atoms with Gasteiger partial charge in [-0.1, -0.05) is 6.07 Å². The molecular formula is C18H27N3O3S. The molecule has 0 radical (unpaired) electrons. The van der Waals surface area contributed by atoms with Crippen LogP contribution >= 0.6 is 0 Å². The minimum atomic E-state index is -3.53. The summed E-state index contributed by atoms with van der Waals surface area (Å²) >= 11 is 0. The van der Waals surface area contributed by atoms with Gasteiger partial charge >= 0.3 is 0 Å². The van der Waals surface area contributed by atoms with Crippen molar-refractivity contribution >= 4 is 15.7 Å². The highest BCUT2D eigenvalue weighted by Crippen LogP contribution is 2.42. The lowest BCUT2D eigenvalue weighted by molar-refractivity contribution is 0.269. The second-order valence-electron chi connectivity index (χ2n) is 7.51. The quantitative estimate of drug-likeness (QED) is 0.817. The Bertz CT molecular complexity index is 746. The summed E-state index contributed by atoms with van der Waals surface area (Å²) in [4.78, 5) is 4.80. The van der Waals surface area contributed by atoms with Crippen molar-refractivity contribution < 1.29 is 13.2 Å². The molecule has 1 aromatic carbocycles. The summed E-state index contributed by atoms with van der Waals surface area (Å²) in [6, 6.07) is 6.27. The highest BCUT2D eigenvalue weighted by molar-refractivity contribution is 7.89. The van der Waals surface area contributed by atoms with Gasteiger partial charge in [0.25, 0.3) is 0 Å². The number of anilines is 1. The van der Waals surface area contributed by atoms with Crippen LogP contribution in [-0.4, -0.2) is 70.0 Å². The molecule has 0 unspecified atom stereocenters. The minimum absolute atomic E-state index is 0.178. The van der Waals surface area contributed by atoms with Crippen molar-refractivity contribution in [1.82, 2.24) is 9.21 Å². The Labute approximate surface area is 150 Å². The van der Waals surface area contributed by atoms with E-state index < -0.39 is 10.0 Å². The summed E-state index contributed by atoms with van der Waals surface area (Å²) in [5.41, 5.74) is 0.800. The van der Waals surface area contributed by atoms with E-state index in [-0.39, 0.29) is 6.04 Å². The molecule has 2 aliphatic heterocycles. The van der Waals surface area contributed by atoms with Crippen molar-refractivity contribution in [2.75, 3.05) is 45.2 Å². The third-order valence-electron chi connectivity index (χ3n) is 5.49. The Kier molecular flexibility index (Phi) is 4.42. The molecule has 0 bridgehead atoms. The second kappa shape index (κ2) is 6.45. The lowest BCUT2D eigenvalue weighted by Gasteiger charge is -2.30. The Balaban J connectivity index is 1.76. The van der Waals surface area contributed by atoms with Crippen molar-refractivity contribution in [3.8, 4) is 5.75 Å². The predicted octanol–water partition coefficient (Wildman–Crippen LogP) is 1.76. The number of sulfonamides is 1. The highest BCUT2D eigenvalue weighted by Gasteiger charge is 2.42. The molecule has 1 aromatic rings. The maximum Gasteiger partial charge on any atom is 0.249 e. The SMILES string of the molecule is CN(C)[C@H]1CCN(c2cccc3c2S(=O)(=O)N(C2CC2)CCCO3)C1. The highest BCUT2D eigenvalue weighted by atomic mass is 32.2. The fourth-order valence-corrected chi connectivity index (χ4v) is 5.94. The van der Waals surface area contributed by atoms with Crippen LogP contribution in [0.4, 0.5) is 5.69 Å². The molecule has 138 valence electrons. The molecule has 1 atom stereocenters. The first-order chi connectivity index (χ1) is 12.0. The van der Waals surface area contributed by atoms with E-state index in [4.69, 9.17) is 4.74 Å². The first kappa shape index (κ1) is 17.1. The van der Waals surface area contributed by atoms with E-state index in [1.165, 1.54) is 0 Å². The molecule has 2 heterocycles. The average Bonchev–Trinajstić information content (AvgIpc) is 3.26. The van der Waals surface area contributed by atoms with Crippen molar-refractivity contribution in [2.24, 2.45) is 0 Å². The molecule has 25 heavy (non-hydrogen) atoms. The summed E-state index contributed by atoms with van der Waals surface area (Å²) < 4.78 is 34.5. The Morgan fingerprint density at radius 2 is 1.96 bits per heavy atom. The van der Waals surface area contributed by atoms with E-state index in [0.717, 1.165) is 44.5 Å². The third-order valence-corrected chi connectivity index (χ3v) is 7.52. The molecule has 0 spiro atoms. The molecule has 0 N–H and O–H groups in total. The number of rotatable bonds is 3. The first-order valence-electron chi connectivity index (χ1n) is 9.17. The van der Waals surface area contributed by atoms with Gasteiger partial charge in [0.15, 0.2) is 0 Å². The molecule has 0 aromatic heterocycles. The molecule has 6 nitrogen and oxygen atoms in total. The Hall–Kier alpha value is -1.31. The molecule has 2 fully saturated rings. The Morgan fingerprint density at radius 1 is 1.16 bits per heavy atom. The number of likely N-dealkylation sites (N-methyl/N-ethyl adjacent to an activating group) is 1. The number of benzene rings is 1.